The monoisotopic (exact) mass is 444 g/mol. The van der Waals surface area contributed by atoms with Gasteiger partial charge in [-0.1, -0.05) is 60.1 Å². The van der Waals surface area contributed by atoms with Gasteiger partial charge in [0.2, 0.25) is 0 Å². The third kappa shape index (κ3) is 5.02. The van der Waals surface area contributed by atoms with Crippen LogP contribution in [0.15, 0.2) is 97.1 Å². The van der Waals surface area contributed by atoms with Gasteiger partial charge in [-0.25, -0.2) is 4.39 Å². The lowest BCUT2D eigenvalue weighted by Crippen LogP contribution is -2.14. The number of hydrogen-bond acceptors (Lipinski definition) is 2. The lowest BCUT2D eigenvalue weighted by molar-refractivity contribution is 0.101. The summed E-state index contributed by atoms with van der Waals surface area (Å²) in [4.78, 5) is 25.2. The Bertz CT molecular complexity index is 1270. The molecule has 6 heteroatoms. The van der Waals surface area contributed by atoms with Crippen LogP contribution in [0.1, 0.15) is 20.7 Å². The molecule has 0 spiro atoms. The van der Waals surface area contributed by atoms with Gasteiger partial charge < -0.3 is 10.6 Å². The van der Waals surface area contributed by atoms with E-state index in [1.54, 1.807) is 36.4 Å². The second kappa shape index (κ2) is 9.45. The molecule has 4 aromatic rings. The maximum atomic E-state index is 13.3. The van der Waals surface area contributed by atoms with Gasteiger partial charge in [0, 0.05) is 22.5 Å². The molecule has 0 atom stereocenters. The van der Waals surface area contributed by atoms with Gasteiger partial charge in [-0.3, -0.25) is 9.59 Å². The van der Waals surface area contributed by atoms with E-state index in [2.05, 4.69) is 10.6 Å². The molecule has 0 aliphatic carbocycles. The number of rotatable bonds is 5. The summed E-state index contributed by atoms with van der Waals surface area (Å²) in [5.74, 6) is -1.25. The van der Waals surface area contributed by atoms with Crippen LogP contribution >= 0.6 is 11.6 Å². The van der Waals surface area contributed by atoms with Crippen molar-refractivity contribution < 1.29 is 14.0 Å². The molecule has 0 saturated heterocycles. The second-order valence-electron chi connectivity index (χ2n) is 7.06. The zero-order valence-electron chi connectivity index (χ0n) is 16.8. The number of hydrogen-bond donors (Lipinski definition) is 2. The fourth-order valence-corrected chi connectivity index (χ4v) is 3.34. The van der Waals surface area contributed by atoms with E-state index in [0.717, 1.165) is 11.1 Å². The van der Waals surface area contributed by atoms with Gasteiger partial charge >= 0.3 is 0 Å². The second-order valence-corrected chi connectivity index (χ2v) is 7.47. The molecule has 0 bridgehead atoms. The topological polar surface area (TPSA) is 58.2 Å². The molecule has 0 unspecified atom stereocenters. The van der Waals surface area contributed by atoms with Crippen LogP contribution in [0.2, 0.25) is 5.02 Å². The maximum Gasteiger partial charge on any atom is 0.255 e. The van der Waals surface area contributed by atoms with Crippen LogP contribution in [0.4, 0.5) is 15.8 Å². The van der Waals surface area contributed by atoms with Crippen LogP contribution < -0.4 is 10.6 Å². The number of amides is 2. The Kier molecular flexibility index (Phi) is 6.29. The highest BCUT2D eigenvalue weighted by molar-refractivity contribution is 6.31. The standard InChI is InChI=1S/C26H18ClFN2O2/c27-23-16-22(13-14-24(23)28)30-26(32)20-7-4-8-21(15-20)29-25(31)19-11-9-18(10-12-19)17-5-2-1-3-6-17/h1-16H,(H,29,31)(H,30,32). The minimum Gasteiger partial charge on any atom is -0.322 e. The van der Waals surface area contributed by atoms with Gasteiger partial charge in [-0.05, 0) is 59.7 Å². The lowest BCUT2D eigenvalue weighted by Gasteiger charge is -2.09. The number of benzene rings is 4. The van der Waals surface area contributed by atoms with Crippen LogP contribution in [-0.2, 0) is 0 Å². The van der Waals surface area contributed by atoms with Crippen molar-refractivity contribution in [3.8, 4) is 11.1 Å². The molecule has 0 aromatic heterocycles. The van der Waals surface area contributed by atoms with Gasteiger partial charge in [0.1, 0.15) is 5.82 Å². The van der Waals surface area contributed by atoms with Crippen molar-refractivity contribution in [1.29, 1.82) is 0 Å². The lowest BCUT2D eigenvalue weighted by atomic mass is 10.0. The van der Waals surface area contributed by atoms with E-state index in [-0.39, 0.29) is 10.9 Å². The number of carbonyl (C=O) groups excluding carboxylic acids is 2. The molecule has 4 nitrogen and oxygen atoms in total. The van der Waals surface area contributed by atoms with Crippen molar-refractivity contribution in [2.75, 3.05) is 10.6 Å². The predicted molar refractivity (Wildman–Crippen MR) is 126 cm³/mol. The van der Waals surface area contributed by atoms with Crippen molar-refractivity contribution in [3.05, 3.63) is 119 Å². The molecule has 0 heterocycles. The molecule has 0 saturated carbocycles. The summed E-state index contributed by atoms with van der Waals surface area (Å²) in [5.41, 5.74) is 3.77. The minimum absolute atomic E-state index is 0.0814. The van der Waals surface area contributed by atoms with Gasteiger partial charge in [0.15, 0.2) is 0 Å². The van der Waals surface area contributed by atoms with Gasteiger partial charge in [0.05, 0.1) is 5.02 Å². The summed E-state index contributed by atoms with van der Waals surface area (Å²) >= 11 is 5.75. The molecule has 32 heavy (non-hydrogen) atoms. The minimum atomic E-state index is -0.564. The molecule has 0 aliphatic rings. The van der Waals surface area contributed by atoms with E-state index in [4.69, 9.17) is 11.6 Å². The highest BCUT2D eigenvalue weighted by Gasteiger charge is 2.11. The normalized spacial score (nSPS) is 10.4. The molecule has 4 rings (SSSR count). The number of anilines is 2. The van der Waals surface area contributed by atoms with Crippen molar-refractivity contribution in [2.24, 2.45) is 0 Å². The van der Waals surface area contributed by atoms with Crippen LogP contribution in [0.3, 0.4) is 0 Å². The zero-order valence-corrected chi connectivity index (χ0v) is 17.6. The van der Waals surface area contributed by atoms with E-state index >= 15 is 0 Å². The molecule has 4 aromatic carbocycles. The smallest absolute Gasteiger partial charge is 0.255 e. The molecule has 158 valence electrons. The number of nitrogens with one attached hydrogen (secondary N) is 2. The van der Waals surface area contributed by atoms with E-state index in [1.807, 2.05) is 42.5 Å². The molecular weight excluding hydrogens is 427 g/mol. The van der Waals surface area contributed by atoms with Gasteiger partial charge in [-0.2, -0.15) is 0 Å². The quantitative estimate of drug-likeness (QED) is 0.362. The third-order valence-corrected chi connectivity index (χ3v) is 5.10. The first kappa shape index (κ1) is 21.3. The Morgan fingerprint density at radius 2 is 1.25 bits per heavy atom. The first-order valence-electron chi connectivity index (χ1n) is 9.83. The zero-order chi connectivity index (χ0) is 22.5. The Morgan fingerprint density at radius 3 is 1.94 bits per heavy atom. The van der Waals surface area contributed by atoms with E-state index in [1.165, 1.54) is 18.2 Å². The molecule has 2 amide bonds. The number of carbonyl (C=O) groups is 2. The molecule has 0 radical (unpaired) electrons. The van der Waals surface area contributed by atoms with Crippen molar-refractivity contribution in [3.63, 3.8) is 0 Å². The van der Waals surface area contributed by atoms with Crippen molar-refractivity contribution in [1.82, 2.24) is 0 Å². The van der Waals surface area contributed by atoms with Crippen LogP contribution in [0, 0.1) is 5.82 Å². The van der Waals surface area contributed by atoms with Crippen LogP contribution in [0.5, 0.6) is 0 Å². The summed E-state index contributed by atoms with van der Waals surface area (Å²) in [6, 6.07) is 27.7. The summed E-state index contributed by atoms with van der Waals surface area (Å²) in [6.45, 7) is 0. The molecule has 2 N–H and O–H groups in total. The van der Waals surface area contributed by atoms with E-state index in [0.29, 0.717) is 22.5 Å². The molecule has 0 aliphatic heterocycles. The van der Waals surface area contributed by atoms with Gasteiger partial charge in [-0.15, -0.1) is 0 Å². The van der Waals surface area contributed by atoms with Crippen LogP contribution in [0.25, 0.3) is 11.1 Å². The SMILES string of the molecule is O=C(Nc1cccc(C(=O)Nc2ccc(F)c(Cl)c2)c1)c1ccc(-c2ccccc2)cc1. The van der Waals surface area contributed by atoms with Crippen LogP contribution in [-0.4, -0.2) is 11.8 Å². The first-order valence-corrected chi connectivity index (χ1v) is 10.2. The Hall–Kier alpha value is -3.96. The average molecular weight is 445 g/mol. The van der Waals surface area contributed by atoms with Crippen molar-refractivity contribution >= 4 is 34.8 Å². The Balaban J connectivity index is 1.44. The number of halogens is 2. The summed E-state index contributed by atoms with van der Waals surface area (Å²) in [6.07, 6.45) is 0. The third-order valence-electron chi connectivity index (χ3n) is 4.81. The molecular formula is C26H18ClFN2O2. The summed E-state index contributed by atoms with van der Waals surface area (Å²) in [7, 11) is 0. The highest BCUT2D eigenvalue weighted by atomic mass is 35.5. The van der Waals surface area contributed by atoms with Crippen molar-refractivity contribution in [2.45, 2.75) is 0 Å². The Morgan fingerprint density at radius 1 is 0.625 bits per heavy atom. The maximum absolute atomic E-state index is 13.3. The fraction of sp³-hybridized carbons (Fsp3) is 0. The average Bonchev–Trinajstić information content (AvgIpc) is 2.82. The largest absolute Gasteiger partial charge is 0.322 e. The van der Waals surface area contributed by atoms with E-state index < -0.39 is 11.7 Å². The predicted octanol–water partition coefficient (Wildman–Crippen LogP) is 6.65. The first-order chi connectivity index (χ1) is 15.5. The fourth-order valence-electron chi connectivity index (χ4n) is 3.16. The summed E-state index contributed by atoms with van der Waals surface area (Å²) in [5, 5.41) is 5.38. The highest BCUT2D eigenvalue weighted by Crippen LogP contribution is 2.22. The Labute approximate surface area is 189 Å². The summed E-state index contributed by atoms with van der Waals surface area (Å²) < 4.78 is 13.3. The van der Waals surface area contributed by atoms with E-state index in [9.17, 15) is 14.0 Å². The van der Waals surface area contributed by atoms with Gasteiger partial charge in [0.25, 0.3) is 11.8 Å². The molecule has 0 fully saturated rings.